The van der Waals surface area contributed by atoms with Gasteiger partial charge in [-0.15, -0.1) is 0 Å². The molecule has 0 radical (unpaired) electrons. The number of carbonyl (C=O) groups is 1. The topological polar surface area (TPSA) is 26.8 Å². The van der Waals surface area contributed by atoms with Crippen LogP contribution in [0.15, 0.2) is 24.3 Å². The summed E-state index contributed by atoms with van der Waals surface area (Å²) in [7, 11) is 0. The normalized spacial score (nSPS) is 23.2. The van der Waals surface area contributed by atoms with E-state index in [1.807, 2.05) is 29.2 Å². The largest absolute Gasteiger partial charge is 0.401 e. The molecular formula is C22H30F3N3O. The Labute approximate surface area is 170 Å². The second kappa shape index (κ2) is 8.26. The van der Waals surface area contributed by atoms with Gasteiger partial charge in [0.1, 0.15) is 0 Å². The summed E-state index contributed by atoms with van der Waals surface area (Å²) in [6, 6.07) is 7.96. The number of carbonyl (C=O) groups excluding carboxylic acids is 1. The van der Waals surface area contributed by atoms with Crippen molar-refractivity contribution in [2.24, 2.45) is 0 Å². The van der Waals surface area contributed by atoms with Crippen LogP contribution in [0.2, 0.25) is 0 Å². The summed E-state index contributed by atoms with van der Waals surface area (Å²) in [6.45, 7) is 2.94. The predicted molar refractivity (Wildman–Crippen MR) is 106 cm³/mol. The molecule has 0 atom stereocenters. The molecule has 0 saturated carbocycles. The Morgan fingerprint density at radius 2 is 1.66 bits per heavy atom. The molecule has 0 unspecified atom stereocenters. The van der Waals surface area contributed by atoms with Crippen LogP contribution in [-0.2, 0) is 16.8 Å². The molecule has 3 aliphatic heterocycles. The van der Waals surface area contributed by atoms with E-state index in [0.29, 0.717) is 45.4 Å². The summed E-state index contributed by atoms with van der Waals surface area (Å²) >= 11 is 0. The van der Waals surface area contributed by atoms with E-state index in [4.69, 9.17) is 0 Å². The fraction of sp³-hybridized carbons (Fsp3) is 0.682. The van der Waals surface area contributed by atoms with Crippen molar-refractivity contribution in [2.75, 3.05) is 45.8 Å². The first-order valence-corrected chi connectivity index (χ1v) is 10.8. The van der Waals surface area contributed by atoms with Crippen LogP contribution in [0.3, 0.4) is 0 Å². The molecule has 3 aliphatic rings. The summed E-state index contributed by atoms with van der Waals surface area (Å²) in [5, 5.41) is 0. The number of halogens is 3. The number of fused-ring (bicyclic) bond motifs is 2. The van der Waals surface area contributed by atoms with Gasteiger partial charge in [-0.05, 0) is 49.7 Å². The van der Waals surface area contributed by atoms with Crippen LogP contribution in [0.1, 0.15) is 43.2 Å². The van der Waals surface area contributed by atoms with E-state index in [1.54, 1.807) is 4.90 Å². The molecule has 2 fully saturated rings. The van der Waals surface area contributed by atoms with Gasteiger partial charge in [0.25, 0.3) is 0 Å². The second-order valence-electron chi connectivity index (χ2n) is 8.69. The van der Waals surface area contributed by atoms with Gasteiger partial charge in [0.15, 0.2) is 0 Å². The number of benzene rings is 1. The zero-order valence-electron chi connectivity index (χ0n) is 16.9. The summed E-state index contributed by atoms with van der Waals surface area (Å²) < 4.78 is 39.9. The van der Waals surface area contributed by atoms with Crippen LogP contribution in [0.4, 0.5) is 13.2 Å². The molecule has 1 amide bonds. The highest BCUT2D eigenvalue weighted by Gasteiger charge is 2.48. The van der Waals surface area contributed by atoms with E-state index in [0.717, 1.165) is 31.5 Å². The van der Waals surface area contributed by atoms with Crippen LogP contribution in [0.25, 0.3) is 0 Å². The van der Waals surface area contributed by atoms with Gasteiger partial charge in [-0.2, -0.15) is 13.2 Å². The van der Waals surface area contributed by atoms with E-state index >= 15 is 0 Å². The molecule has 160 valence electrons. The molecule has 7 heteroatoms. The SMILES string of the molecule is O=C(CN1CCC2(CC1)c1ccccc1CCN2CC(F)(F)F)N1CCCCC1. The van der Waals surface area contributed by atoms with E-state index in [2.05, 4.69) is 4.90 Å². The molecule has 4 rings (SSSR count). The zero-order valence-corrected chi connectivity index (χ0v) is 16.9. The maximum atomic E-state index is 13.3. The van der Waals surface area contributed by atoms with Crippen molar-refractivity contribution >= 4 is 5.91 Å². The second-order valence-corrected chi connectivity index (χ2v) is 8.69. The molecule has 1 spiro atoms. The summed E-state index contributed by atoms with van der Waals surface area (Å²) in [5.41, 5.74) is 1.65. The van der Waals surface area contributed by atoms with Crippen LogP contribution in [0, 0.1) is 0 Å². The number of hydrogen-bond acceptors (Lipinski definition) is 3. The lowest BCUT2D eigenvalue weighted by atomic mass is 9.74. The van der Waals surface area contributed by atoms with Crippen LogP contribution in [0.5, 0.6) is 0 Å². The Morgan fingerprint density at radius 1 is 0.966 bits per heavy atom. The third kappa shape index (κ3) is 4.45. The minimum Gasteiger partial charge on any atom is -0.342 e. The number of rotatable bonds is 3. The van der Waals surface area contributed by atoms with Crippen molar-refractivity contribution in [1.29, 1.82) is 0 Å². The fourth-order valence-corrected chi connectivity index (χ4v) is 5.38. The summed E-state index contributed by atoms with van der Waals surface area (Å²) in [5.74, 6) is 0.164. The van der Waals surface area contributed by atoms with Gasteiger partial charge in [0, 0.05) is 38.3 Å². The van der Waals surface area contributed by atoms with Gasteiger partial charge in [-0.1, -0.05) is 24.3 Å². The van der Waals surface area contributed by atoms with Gasteiger partial charge < -0.3 is 4.90 Å². The lowest BCUT2D eigenvalue weighted by molar-refractivity contribution is -0.167. The van der Waals surface area contributed by atoms with Gasteiger partial charge in [-0.3, -0.25) is 14.6 Å². The van der Waals surface area contributed by atoms with Crippen molar-refractivity contribution in [3.63, 3.8) is 0 Å². The maximum Gasteiger partial charge on any atom is 0.401 e. The lowest BCUT2D eigenvalue weighted by Gasteiger charge is -2.52. The number of likely N-dealkylation sites (tertiary alicyclic amines) is 2. The van der Waals surface area contributed by atoms with Crippen molar-refractivity contribution in [3.8, 4) is 0 Å². The molecule has 2 saturated heterocycles. The molecule has 0 aromatic heterocycles. The smallest absolute Gasteiger partial charge is 0.342 e. The third-order valence-corrected chi connectivity index (χ3v) is 6.90. The molecule has 4 nitrogen and oxygen atoms in total. The third-order valence-electron chi connectivity index (χ3n) is 6.90. The number of piperidine rings is 2. The van der Waals surface area contributed by atoms with Crippen molar-refractivity contribution < 1.29 is 18.0 Å². The first-order chi connectivity index (χ1) is 13.9. The monoisotopic (exact) mass is 409 g/mol. The molecule has 0 N–H and O–H groups in total. The molecular weight excluding hydrogens is 379 g/mol. The standard InChI is InChI=1S/C22H30F3N3O/c23-22(24,25)17-28-13-8-18-6-2-3-7-19(18)21(28)9-14-26(15-10-21)16-20(29)27-11-4-1-5-12-27/h2-3,6-7H,1,4-5,8-17H2. The molecule has 29 heavy (non-hydrogen) atoms. The molecule has 0 aliphatic carbocycles. The van der Waals surface area contributed by atoms with Crippen LogP contribution >= 0.6 is 0 Å². The van der Waals surface area contributed by atoms with E-state index < -0.39 is 18.3 Å². The quantitative estimate of drug-likeness (QED) is 0.766. The molecule has 0 bridgehead atoms. The van der Waals surface area contributed by atoms with E-state index in [1.165, 1.54) is 12.0 Å². The Kier molecular flexibility index (Phi) is 5.89. The van der Waals surface area contributed by atoms with Crippen molar-refractivity contribution in [2.45, 2.75) is 50.2 Å². The Hall–Kier alpha value is -1.60. The highest BCUT2D eigenvalue weighted by atomic mass is 19.4. The minimum atomic E-state index is -4.21. The summed E-state index contributed by atoms with van der Waals surface area (Å²) in [4.78, 5) is 18.3. The lowest BCUT2D eigenvalue weighted by Crippen LogP contribution is -2.59. The van der Waals surface area contributed by atoms with E-state index in [-0.39, 0.29) is 5.91 Å². The maximum absolute atomic E-state index is 13.3. The fourth-order valence-electron chi connectivity index (χ4n) is 5.38. The van der Waals surface area contributed by atoms with Crippen molar-refractivity contribution in [1.82, 2.24) is 14.7 Å². The van der Waals surface area contributed by atoms with Gasteiger partial charge in [0.05, 0.1) is 13.1 Å². The minimum absolute atomic E-state index is 0.164. The first kappa shape index (κ1) is 20.7. The number of amides is 1. The Balaban J connectivity index is 1.48. The van der Waals surface area contributed by atoms with Gasteiger partial charge in [-0.25, -0.2) is 0 Å². The van der Waals surface area contributed by atoms with E-state index in [9.17, 15) is 18.0 Å². The Morgan fingerprint density at radius 3 is 2.34 bits per heavy atom. The highest BCUT2D eigenvalue weighted by Crippen LogP contribution is 2.44. The Bertz CT molecular complexity index is 722. The molecule has 3 heterocycles. The zero-order chi connectivity index (χ0) is 20.5. The molecule has 1 aromatic carbocycles. The average Bonchev–Trinajstić information content (AvgIpc) is 2.72. The predicted octanol–water partition coefficient (Wildman–Crippen LogP) is 3.41. The van der Waals surface area contributed by atoms with Crippen LogP contribution in [-0.4, -0.2) is 72.6 Å². The number of nitrogens with zero attached hydrogens (tertiary/aromatic N) is 3. The van der Waals surface area contributed by atoms with Crippen molar-refractivity contribution in [3.05, 3.63) is 35.4 Å². The summed E-state index contributed by atoms with van der Waals surface area (Å²) in [6.07, 6.45) is 1.03. The average molecular weight is 409 g/mol. The van der Waals surface area contributed by atoms with Gasteiger partial charge >= 0.3 is 6.18 Å². The first-order valence-electron chi connectivity index (χ1n) is 10.8. The van der Waals surface area contributed by atoms with Crippen LogP contribution < -0.4 is 0 Å². The molecule has 1 aromatic rings. The number of alkyl halides is 3. The number of hydrogen-bond donors (Lipinski definition) is 0. The highest BCUT2D eigenvalue weighted by molar-refractivity contribution is 5.78. The van der Waals surface area contributed by atoms with Gasteiger partial charge in [0.2, 0.25) is 5.91 Å².